The van der Waals surface area contributed by atoms with Crippen LogP contribution >= 0.6 is 0 Å². The Balaban J connectivity index is 2.13. The summed E-state index contributed by atoms with van der Waals surface area (Å²) in [5.74, 6) is -0.503. The second-order valence-electron chi connectivity index (χ2n) is 3.45. The largest absolute Gasteiger partial charge is 0.476 e. The highest BCUT2D eigenvalue weighted by molar-refractivity contribution is 5.84. The van der Waals surface area contributed by atoms with E-state index in [0.29, 0.717) is 12.5 Å². The minimum absolute atomic E-state index is 0.0421. The van der Waals surface area contributed by atoms with Gasteiger partial charge in [-0.3, -0.25) is 0 Å². The van der Waals surface area contributed by atoms with Gasteiger partial charge in [0.1, 0.15) is 6.26 Å². The van der Waals surface area contributed by atoms with Gasteiger partial charge in [0.15, 0.2) is 11.6 Å². The summed E-state index contributed by atoms with van der Waals surface area (Å²) in [6.45, 7) is 2.53. The Hall–Kier alpha value is -1.36. The lowest BCUT2D eigenvalue weighted by Crippen LogP contribution is -2.01. The van der Waals surface area contributed by atoms with Gasteiger partial charge in [-0.2, -0.15) is 0 Å². The Labute approximate surface area is 80.7 Å². The van der Waals surface area contributed by atoms with Crippen molar-refractivity contribution in [3.05, 3.63) is 17.8 Å². The zero-order chi connectivity index (χ0) is 10.1. The first-order chi connectivity index (χ1) is 6.66. The Kier molecular flexibility index (Phi) is 2.25. The first kappa shape index (κ1) is 9.21. The fourth-order valence-electron chi connectivity index (χ4n) is 1.56. The van der Waals surface area contributed by atoms with Crippen LogP contribution in [-0.4, -0.2) is 28.8 Å². The van der Waals surface area contributed by atoms with E-state index >= 15 is 0 Å². The van der Waals surface area contributed by atoms with Crippen LogP contribution in [0.4, 0.5) is 0 Å². The van der Waals surface area contributed by atoms with Crippen molar-refractivity contribution in [3.63, 3.8) is 0 Å². The van der Waals surface area contributed by atoms with E-state index in [1.807, 2.05) is 6.92 Å². The Morgan fingerprint density at radius 2 is 2.50 bits per heavy atom. The zero-order valence-corrected chi connectivity index (χ0v) is 7.77. The van der Waals surface area contributed by atoms with Crippen LogP contribution in [0.25, 0.3) is 0 Å². The van der Waals surface area contributed by atoms with Crippen molar-refractivity contribution in [2.24, 2.45) is 0 Å². The van der Waals surface area contributed by atoms with E-state index in [0.717, 1.165) is 6.42 Å². The van der Waals surface area contributed by atoms with Crippen LogP contribution in [-0.2, 0) is 4.74 Å². The highest BCUT2D eigenvalue weighted by Crippen LogP contribution is 2.28. The van der Waals surface area contributed by atoms with Crippen molar-refractivity contribution in [2.75, 3.05) is 6.61 Å². The number of carboxylic acids is 1. The van der Waals surface area contributed by atoms with Crippen molar-refractivity contribution in [1.82, 2.24) is 4.98 Å². The van der Waals surface area contributed by atoms with E-state index in [1.54, 1.807) is 0 Å². The number of oxazole rings is 1. The van der Waals surface area contributed by atoms with E-state index in [2.05, 4.69) is 4.98 Å². The molecule has 5 nitrogen and oxygen atoms in total. The van der Waals surface area contributed by atoms with E-state index < -0.39 is 5.97 Å². The highest BCUT2D eigenvalue weighted by Gasteiger charge is 2.28. The van der Waals surface area contributed by atoms with E-state index in [4.69, 9.17) is 14.3 Å². The number of ether oxygens (including phenoxy) is 1. The first-order valence-corrected chi connectivity index (χ1v) is 4.47. The molecule has 0 saturated carbocycles. The van der Waals surface area contributed by atoms with E-state index in [9.17, 15) is 4.79 Å². The maximum absolute atomic E-state index is 10.5. The molecule has 1 aromatic rings. The topological polar surface area (TPSA) is 72.6 Å². The summed E-state index contributed by atoms with van der Waals surface area (Å²) < 4.78 is 10.4. The summed E-state index contributed by atoms with van der Waals surface area (Å²) in [7, 11) is 0. The minimum atomic E-state index is -1.06. The van der Waals surface area contributed by atoms with Gasteiger partial charge in [-0.25, -0.2) is 9.78 Å². The molecule has 0 aliphatic carbocycles. The SMILES string of the molecule is CC1CC(c2nc(C(=O)O)co2)CO1. The van der Waals surface area contributed by atoms with Crippen LogP contribution in [0.5, 0.6) is 0 Å². The molecule has 0 amide bonds. The van der Waals surface area contributed by atoms with Crippen molar-refractivity contribution >= 4 is 5.97 Å². The third-order valence-corrected chi connectivity index (χ3v) is 2.29. The van der Waals surface area contributed by atoms with Crippen LogP contribution < -0.4 is 0 Å². The van der Waals surface area contributed by atoms with Gasteiger partial charge in [0.05, 0.1) is 18.6 Å². The predicted octanol–water partition coefficient (Wildman–Crippen LogP) is 1.27. The lowest BCUT2D eigenvalue weighted by atomic mass is 10.1. The third kappa shape index (κ3) is 1.63. The molecule has 2 atom stereocenters. The monoisotopic (exact) mass is 197 g/mol. The lowest BCUT2D eigenvalue weighted by molar-refractivity contribution is 0.0690. The van der Waals surface area contributed by atoms with Gasteiger partial charge in [0.2, 0.25) is 0 Å². The number of carbonyl (C=O) groups is 1. The second-order valence-corrected chi connectivity index (χ2v) is 3.45. The molecule has 1 aromatic heterocycles. The molecule has 2 heterocycles. The van der Waals surface area contributed by atoms with Gasteiger partial charge in [-0.15, -0.1) is 0 Å². The fraction of sp³-hybridized carbons (Fsp3) is 0.556. The van der Waals surface area contributed by atoms with Gasteiger partial charge in [-0.05, 0) is 13.3 Å². The number of hydrogen-bond donors (Lipinski definition) is 1. The predicted molar refractivity (Wildman–Crippen MR) is 46.2 cm³/mol. The molecule has 2 unspecified atom stereocenters. The molecule has 5 heteroatoms. The molecule has 1 saturated heterocycles. The molecule has 0 bridgehead atoms. The molecule has 0 radical (unpaired) electrons. The van der Waals surface area contributed by atoms with Crippen LogP contribution in [0, 0.1) is 0 Å². The Morgan fingerprint density at radius 1 is 1.71 bits per heavy atom. The highest BCUT2D eigenvalue weighted by atomic mass is 16.5. The minimum Gasteiger partial charge on any atom is -0.476 e. The zero-order valence-electron chi connectivity index (χ0n) is 7.77. The number of nitrogens with zero attached hydrogens (tertiary/aromatic N) is 1. The molecular weight excluding hydrogens is 186 g/mol. The van der Waals surface area contributed by atoms with Gasteiger partial charge in [-0.1, -0.05) is 0 Å². The fourth-order valence-corrected chi connectivity index (χ4v) is 1.56. The van der Waals surface area contributed by atoms with Crippen molar-refractivity contribution < 1.29 is 19.1 Å². The second kappa shape index (κ2) is 3.42. The van der Waals surface area contributed by atoms with Gasteiger partial charge in [0, 0.05) is 0 Å². The normalized spacial score (nSPS) is 26.6. The molecular formula is C9H11NO4. The van der Waals surface area contributed by atoms with Crippen molar-refractivity contribution in [3.8, 4) is 0 Å². The molecule has 1 aliphatic rings. The molecule has 2 rings (SSSR count). The van der Waals surface area contributed by atoms with E-state index in [1.165, 1.54) is 6.26 Å². The summed E-state index contributed by atoms with van der Waals surface area (Å²) in [5, 5.41) is 8.64. The molecule has 1 aliphatic heterocycles. The van der Waals surface area contributed by atoms with Gasteiger partial charge >= 0.3 is 5.97 Å². The number of hydrogen-bond acceptors (Lipinski definition) is 4. The molecule has 76 valence electrons. The van der Waals surface area contributed by atoms with E-state index in [-0.39, 0.29) is 17.7 Å². The third-order valence-electron chi connectivity index (χ3n) is 2.29. The number of aromatic nitrogens is 1. The lowest BCUT2D eigenvalue weighted by Gasteiger charge is -1.99. The Bertz CT molecular complexity index is 346. The maximum atomic E-state index is 10.5. The Morgan fingerprint density at radius 3 is 3.00 bits per heavy atom. The summed E-state index contributed by atoms with van der Waals surface area (Å²) >= 11 is 0. The van der Waals surface area contributed by atoms with Crippen molar-refractivity contribution in [1.29, 1.82) is 0 Å². The smallest absolute Gasteiger partial charge is 0.357 e. The number of rotatable bonds is 2. The molecule has 0 aromatic carbocycles. The summed E-state index contributed by atoms with van der Waals surface area (Å²) in [4.78, 5) is 14.4. The van der Waals surface area contributed by atoms with Crippen LogP contribution in [0.15, 0.2) is 10.7 Å². The quantitative estimate of drug-likeness (QED) is 0.772. The first-order valence-electron chi connectivity index (χ1n) is 4.47. The summed E-state index contributed by atoms with van der Waals surface area (Å²) in [6.07, 6.45) is 2.19. The average molecular weight is 197 g/mol. The number of carboxylic acid groups (broad SMARTS) is 1. The maximum Gasteiger partial charge on any atom is 0.357 e. The van der Waals surface area contributed by atoms with Crippen molar-refractivity contribution in [2.45, 2.75) is 25.4 Å². The molecule has 1 N–H and O–H groups in total. The summed E-state index contributed by atoms with van der Waals surface area (Å²) in [5.41, 5.74) is -0.0421. The van der Waals surface area contributed by atoms with Gasteiger partial charge in [0.25, 0.3) is 0 Å². The number of aromatic carboxylic acids is 1. The standard InChI is InChI=1S/C9H11NO4/c1-5-2-6(3-13-5)8-10-7(4-14-8)9(11)12/h4-6H,2-3H2,1H3,(H,11,12). The molecule has 14 heavy (non-hydrogen) atoms. The molecule has 0 spiro atoms. The van der Waals surface area contributed by atoms with Crippen LogP contribution in [0.1, 0.15) is 35.6 Å². The van der Waals surface area contributed by atoms with Gasteiger partial charge < -0.3 is 14.3 Å². The van der Waals surface area contributed by atoms with Crippen LogP contribution in [0.2, 0.25) is 0 Å². The summed E-state index contributed by atoms with van der Waals surface area (Å²) in [6, 6.07) is 0. The molecule has 1 fully saturated rings. The van der Waals surface area contributed by atoms with Crippen LogP contribution in [0.3, 0.4) is 0 Å². The average Bonchev–Trinajstić information content (AvgIpc) is 2.70.